The van der Waals surface area contributed by atoms with Gasteiger partial charge in [0.25, 0.3) is 0 Å². The summed E-state index contributed by atoms with van der Waals surface area (Å²) in [6.07, 6.45) is 0. The van der Waals surface area contributed by atoms with E-state index in [2.05, 4.69) is 40.8 Å². The fourth-order valence-electron chi connectivity index (χ4n) is 3.02. The molecule has 1 aliphatic rings. The summed E-state index contributed by atoms with van der Waals surface area (Å²) < 4.78 is 0. The molecule has 1 fully saturated rings. The minimum absolute atomic E-state index is 0.666. The van der Waals surface area contributed by atoms with E-state index in [4.69, 9.17) is 23.8 Å². The van der Waals surface area contributed by atoms with Crippen molar-refractivity contribution in [3.63, 3.8) is 0 Å². The summed E-state index contributed by atoms with van der Waals surface area (Å²) >= 11 is 13.2. The number of thioether (sulfide) groups is 1. The predicted octanol–water partition coefficient (Wildman–Crippen LogP) is 2.75. The van der Waals surface area contributed by atoms with E-state index in [1.807, 2.05) is 30.3 Å². The SMILES string of the molecule is C[NH+]1CCN(c2ccccc2NC(=S)NCCSc2ccc(Cl)cc2)CC1. The first-order valence-corrected chi connectivity index (χ1v) is 11.0. The van der Waals surface area contributed by atoms with Crippen LogP contribution in [0.25, 0.3) is 0 Å². The third-order valence-corrected chi connectivity index (χ3v) is 6.09. The Morgan fingerprint density at radius 1 is 1.15 bits per heavy atom. The van der Waals surface area contributed by atoms with Crippen molar-refractivity contribution >= 4 is 52.1 Å². The summed E-state index contributed by atoms with van der Waals surface area (Å²) in [5, 5.41) is 8.10. The quantitative estimate of drug-likeness (QED) is 0.379. The zero-order valence-electron chi connectivity index (χ0n) is 15.5. The lowest BCUT2D eigenvalue weighted by atomic mass is 10.2. The zero-order valence-corrected chi connectivity index (χ0v) is 17.9. The van der Waals surface area contributed by atoms with Gasteiger partial charge in [0.15, 0.2) is 5.11 Å². The first-order chi connectivity index (χ1) is 13.1. The Labute approximate surface area is 176 Å². The van der Waals surface area contributed by atoms with E-state index in [0.717, 1.165) is 36.1 Å². The Balaban J connectivity index is 1.47. The molecular weight excluding hydrogens is 396 g/mol. The molecule has 3 rings (SSSR count). The van der Waals surface area contributed by atoms with Gasteiger partial charge in [0.2, 0.25) is 0 Å². The Morgan fingerprint density at radius 2 is 1.85 bits per heavy atom. The second kappa shape index (κ2) is 10.2. The summed E-state index contributed by atoms with van der Waals surface area (Å²) in [6, 6.07) is 16.3. The van der Waals surface area contributed by atoms with E-state index < -0.39 is 0 Å². The fourth-order valence-corrected chi connectivity index (χ4v) is 4.12. The van der Waals surface area contributed by atoms with Crippen LogP contribution in [0.4, 0.5) is 11.4 Å². The number of piperazine rings is 1. The zero-order chi connectivity index (χ0) is 19.1. The van der Waals surface area contributed by atoms with E-state index >= 15 is 0 Å². The van der Waals surface area contributed by atoms with E-state index in [9.17, 15) is 0 Å². The van der Waals surface area contributed by atoms with Crippen molar-refractivity contribution < 1.29 is 4.90 Å². The van der Waals surface area contributed by atoms with Gasteiger partial charge in [-0.25, -0.2) is 0 Å². The molecule has 3 N–H and O–H groups in total. The molecule has 27 heavy (non-hydrogen) atoms. The summed E-state index contributed by atoms with van der Waals surface area (Å²) in [5.74, 6) is 0.937. The van der Waals surface area contributed by atoms with Crippen LogP contribution >= 0.6 is 35.6 Å². The van der Waals surface area contributed by atoms with E-state index in [1.165, 1.54) is 23.7 Å². The number of hydrogen-bond acceptors (Lipinski definition) is 3. The fraction of sp³-hybridized carbons (Fsp3) is 0.350. The standard InChI is InChI=1S/C20H25ClN4S2/c1-24-11-13-25(14-12-24)19-5-3-2-4-18(19)23-20(26)22-10-15-27-17-8-6-16(21)7-9-17/h2-9H,10-15H2,1H3,(H2,22,23,26)/p+1. The maximum absolute atomic E-state index is 5.92. The predicted molar refractivity (Wildman–Crippen MR) is 122 cm³/mol. The number of thiocarbonyl (C=S) groups is 1. The first kappa shape index (κ1) is 20.3. The van der Waals surface area contributed by atoms with Crippen LogP contribution < -0.4 is 20.4 Å². The molecule has 0 amide bonds. The van der Waals surface area contributed by atoms with Crippen LogP contribution in [0.15, 0.2) is 53.4 Å². The van der Waals surface area contributed by atoms with Crippen LogP contribution in [0.5, 0.6) is 0 Å². The largest absolute Gasteiger partial charge is 0.362 e. The van der Waals surface area contributed by atoms with Gasteiger partial charge < -0.3 is 20.4 Å². The number of para-hydroxylation sites is 2. The summed E-state index contributed by atoms with van der Waals surface area (Å²) in [7, 11) is 2.25. The molecule has 0 aromatic heterocycles. The van der Waals surface area contributed by atoms with Gasteiger partial charge in [-0.3, -0.25) is 0 Å². The number of quaternary nitrogens is 1. The molecule has 0 radical (unpaired) electrons. The monoisotopic (exact) mass is 421 g/mol. The van der Waals surface area contributed by atoms with Crippen molar-refractivity contribution in [2.24, 2.45) is 0 Å². The highest BCUT2D eigenvalue weighted by molar-refractivity contribution is 7.99. The number of nitrogens with one attached hydrogen (secondary N) is 3. The lowest BCUT2D eigenvalue weighted by Gasteiger charge is -2.33. The van der Waals surface area contributed by atoms with Gasteiger partial charge in [0.1, 0.15) is 0 Å². The maximum Gasteiger partial charge on any atom is 0.170 e. The van der Waals surface area contributed by atoms with Crippen LogP contribution in [0.2, 0.25) is 5.02 Å². The normalized spacial score (nSPS) is 14.8. The molecule has 2 aromatic rings. The lowest BCUT2D eigenvalue weighted by Crippen LogP contribution is -3.12. The highest BCUT2D eigenvalue weighted by Crippen LogP contribution is 2.25. The number of benzene rings is 2. The van der Waals surface area contributed by atoms with E-state index in [-0.39, 0.29) is 0 Å². The molecule has 0 unspecified atom stereocenters. The molecule has 0 bridgehead atoms. The molecule has 7 heteroatoms. The number of rotatable bonds is 6. The van der Waals surface area contributed by atoms with Crippen molar-refractivity contribution in [1.29, 1.82) is 0 Å². The van der Waals surface area contributed by atoms with Crippen molar-refractivity contribution in [1.82, 2.24) is 5.32 Å². The summed E-state index contributed by atoms with van der Waals surface area (Å²) in [5.41, 5.74) is 2.30. The molecule has 1 aliphatic heterocycles. The van der Waals surface area contributed by atoms with Gasteiger partial charge in [-0.15, -0.1) is 11.8 Å². The minimum Gasteiger partial charge on any atom is -0.362 e. The number of likely N-dealkylation sites (N-methyl/N-ethyl adjacent to an activating group) is 1. The highest BCUT2D eigenvalue weighted by Gasteiger charge is 2.19. The van der Waals surface area contributed by atoms with Crippen LogP contribution in [0.3, 0.4) is 0 Å². The minimum atomic E-state index is 0.666. The van der Waals surface area contributed by atoms with Crippen molar-refractivity contribution in [2.45, 2.75) is 4.90 Å². The van der Waals surface area contributed by atoms with E-state index in [0.29, 0.717) is 5.11 Å². The van der Waals surface area contributed by atoms with Crippen LogP contribution in [0, 0.1) is 0 Å². The third-order valence-electron chi connectivity index (χ3n) is 4.58. The van der Waals surface area contributed by atoms with Gasteiger partial charge in [-0.1, -0.05) is 23.7 Å². The number of anilines is 2. The Bertz CT molecular complexity index is 746. The average molecular weight is 422 g/mol. The average Bonchev–Trinajstić information content (AvgIpc) is 2.68. The van der Waals surface area contributed by atoms with Crippen molar-refractivity contribution in [3.05, 3.63) is 53.6 Å². The third kappa shape index (κ3) is 6.28. The first-order valence-electron chi connectivity index (χ1n) is 9.20. The maximum atomic E-state index is 5.92. The highest BCUT2D eigenvalue weighted by atomic mass is 35.5. The number of halogens is 1. The van der Waals surface area contributed by atoms with Crippen LogP contribution in [0.1, 0.15) is 0 Å². The molecule has 1 heterocycles. The summed E-state index contributed by atoms with van der Waals surface area (Å²) in [4.78, 5) is 5.24. The molecule has 0 spiro atoms. The van der Waals surface area contributed by atoms with Crippen molar-refractivity contribution in [2.75, 3.05) is 55.7 Å². The van der Waals surface area contributed by atoms with Crippen LogP contribution in [-0.2, 0) is 0 Å². The lowest BCUT2D eigenvalue weighted by molar-refractivity contribution is -0.880. The van der Waals surface area contributed by atoms with Gasteiger partial charge in [-0.05, 0) is 48.6 Å². The molecular formula is C20H26ClN4S2+. The van der Waals surface area contributed by atoms with Crippen LogP contribution in [-0.4, -0.2) is 50.6 Å². The molecule has 144 valence electrons. The smallest absolute Gasteiger partial charge is 0.170 e. The second-order valence-electron chi connectivity index (χ2n) is 6.64. The Kier molecular flexibility index (Phi) is 7.64. The Morgan fingerprint density at radius 3 is 2.59 bits per heavy atom. The molecule has 0 aliphatic carbocycles. The Hall–Kier alpha value is -1.47. The van der Waals surface area contributed by atoms with Gasteiger partial charge in [-0.2, -0.15) is 0 Å². The molecule has 2 aromatic carbocycles. The number of nitrogens with zero attached hydrogens (tertiary/aromatic N) is 1. The second-order valence-corrected chi connectivity index (χ2v) is 8.66. The van der Waals surface area contributed by atoms with E-state index in [1.54, 1.807) is 16.7 Å². The molecule has 4 nitrogen and oxygen atoms in total. The van der Waals surface area contributed by atoms with Gasteiger partial charge in [0, 0.05) is 22.2 Å². The molecule has 0 saturated carbocycles. The molecule has 0 atom stereocenters. The molecule has 1 saturated heterocycles. The topological polar surface area (TPSA) is 31.7 Å². The number of hydrogen-bond donors (Lipinski definition) is 3. The van der Waals surface area contributed by atoms with Gasteiger partial charge in [0.05, 0.1) is 44.6 Å². The van der Waals surface area contributed by atoms with Crippen molar-refractivity contribution in [3.8, 4) is 0 Å². The van der Waals surface area contributed by atoms with Gasteiger partial charge >= 0.3 is 0 Å². The summed E-state index contributed by atoms with van der Waals surface area (Å²) in [6.45, 7) is 5.28.